The quantitative estimate of drug-likeness (QED) is 0.865. The zero-order valence-corrected chi connectivity index (χ0v) is 12.1. The largest absolute Gasteiger partial charge is 0.424 e. The number of benzene rings is 1. The molecule has 1 aliphatic heterocycles. The maximum Gasteiger partial charge on any atom is 0.234 e. The Hall–Kier alpha value is -2.48. The van der Waals surface area contributed by atoms with Crippen molar-refractivity contribution >= 4 is 11.6 Å². The Balaban J connectivity index is 1.71. The van der Waals surface area contributed by atoms with E-state index in [4.69, 9.17) is 4.42 Å². The molecule has 0 bridgehead atoms. The monoisotopic (exact) mass is 282 g/mol. The summed E-state index contributed by atoms with van der Waals surface area (Å²) in [6.07, 6.45) is 0.707. The van der Waals surface area contributed by atoms with Gasteiger partial charge in [0.25, 0.3) is 0 Å². The van der Waals surface area contributed by atoms with Crippen LogP contribution in [0, 0.1) is 11.3 Å². The summed E-state index contributed by atoms with van der Waals surface area (Å²) in [6.45, 7) is 5.47. The third-order valence-corrected chi connectivity index (χ3v) is 3.75. The number of aromatic nitrogens is 1. The van der Waals surface area contributed by atoms with E-state index in [2.05, 4.69) is 45.1 Å². The van der Waals surface area contributed by atoms with Gasteiger partial charge in [0, 0.05) is 38.3 Å². The maximum atomic E-state index is 9.18. The van der Waals surface area contributed by atoms with Crippen molar-refractivity contribution in [1.29, 1.82) is 5.26 Å². The fourth-order valence-electron chi connectivity index (χ4n) is 2.60. The van der Waals surface area contributed by atoms with Crippen LogP contribution in [0.15, 0.2) is 34.7 Å². The van der Waals surface area contributed by atoms with Gasteiger partial charge in [0.2, 0.25) is 11.6 Å². The number of nitrogens with zero attached hydrogens (tertiary/aromatic N) is 4. The van der Waals surface area contributed by atoms with Crippen LogP contribution in [0.5, 0.6) is 0 Å². The van der Waals surface area contributed by atoms with E-state index in [0.29, 0.717) is 23.9 Å². The first-order valence-electron chi connectivity index (χ1n) is 7.26. The zero-order chi connectivity index (χ0) is 14.7. The van der Waals surface area contributed by atoms with E-state index >= 15 is 0 Å². The van der Waals surface area contributed by atoms with Gasteiger partial charge in [-0.25, -0.2) is 4.98 Å². The van der Waals surface area contributed by atoms with E-state index in [0.717, 1.165) is 26.2 Å². The van der Waals surface area contributed by atoms with Gasteiger partial charge in [-0.3, -0.25) is 0 Å². The summed E-state index contributed by atoms with van der Waals surface area (Å²) in [5.41, 5.74) is 1.64. The highest BCUT2D eigenvalue weighted by Crippen LogP contribution is 2.24. The summed E-state index contributed by atoms with van der Waals surface area (Å²) in [7, 11) is 0. The zero-order valence-electron chi connectivity index (χ0n) is 12.1. The summed E-state index contributed by atoms with van der Waals surface area (Å²) in [5, 5.41) is 9.18. The molecule has 0 radical (unpaired) electrons. The molecule has 0 aliphatic carbocycles. The van der Waals surface area contributed by atoms with E-state index in [1.807, 2.05) is 13.0 Å². The molecule has 1 aromatic heterocycles. The van der Waals surface area contributed by atoms with Crippen LogP contribution in [0.2, 0.25) is 0 Å². The van der Waals surface area contributed by atoms with Crippen LogP contribution in [-0.2, 0) is 6.42 Å². The van der Waals surface area contributed by atoms with Gasteiger partial charge in [-0.1, -0.05) is 25.1 Å². The second-order valence-electron chi connectivity index (χ2n) is 5.04. The molecule has 21 heavy (non-hydrogen) atoms. The van der Waals surface area contributed by atoms with Crippen LogP contribution in [0.1, 0.15) is 18.5 Å². The number of aryl methyl sites for hydroxylation is 1. The lowest BCUT2D eigenvalue weighted by Gasteiger charge is -2.35. The third kappa shape index (κ3) is 2.70. The Morgan fingerprint density at radius 1 is 1.14 bits per heavy atom. The van der Waals surface area contributed by atoms with Crippen molar-refractivity contribution < 1.29 is 4.42 Å². The molecular weight excluding hydrogens is 264 g/mol. The molecule has 3 rings (SSSR count). The van der Waals surface area contributed by atoms with Crippen LogP contribution in [0.3, 0.4) is 0 Å². The molecule has 5 heteroatoms. The SMILES string of the molecule is CCc1nc(C#N)c(N2CCN(c3ccccc3)CC2)o1. The van der Waals surface area contributed by atoms with Crippen LogP contribution in [-0.4, -0.2) is 31.2 Å². The van der Waals surface area contributed by atoms with E-state index in [-0.39, 0.29) is 0 Å². The van der Waals surface area contributed by atoms with Crippen molar-refractivity contribution in [3.63, 3.8) is 0 Å². The third-order valence-electron chi connectivity index (χ3n) is 3.75. The van der Waals surface area contributed by atoms with Gasteiger partial charge >= 0.3 is 0 Å². The normalized spacial score (nSPS) is 15.0. The molecule has 108 valence electrons. The average Bonchev–Trinajstić information content (AvgIpc) is 2.99. The lowest BCUT2D eigenvalue weighted by Crippen LogP contribution is -2.46. The summed E-state index contributed by atoms with van der Waals surface area (Å²) in [6, 6.07) is 12.5. The highest BCUT2D eigenvalue weighted by atomic mass is 16.4. The van der Waals surface area contributed by atoms with Gasteiger partial charge in [-0.2, -0.15) is 5.26 Å². The number of rotatable bonds is 3. The Labute approximate surface area is 124 Å². The summed E-state index contributed by atoms with van der Waals surface area (Å²) in [4.78, 5) is 8.68. The van der Waals surface area contributed by atoms with Crippen molar-refractivity contribution in [3.8, 4) is 6.07 Å². The number of hydrogen-bond donors (Lipinski definition) is 0. The minimum absolute atomic E-state index is 0.403. The maximum absolute atomic E-state index is 9.18. The molecule has 1 saturated heterocycles. The minimum Gasteiger partial charge on any atom is -0.424 e. The van der Waals surface area contributed by atoms with E-state index in [1.54, 1.807) is 0 Å². The van der Waals surface area contributed by atoms with Crippen molar-refractivity contribution in [2.24, 2.45) is 0 Å². The Bertz CT molecular complexity index is 636. The number of nitriles is 1. The van der Waals surface area contributed by atoms with Gasteiger partial charge in [0.05, 0.1) is 0 Å². The van der Waals surface area contributed by atoms with Crippen LogP contribution >= 0.6 is 0 Å². The molecule has 1 aromatic carbocycles. The molecule has 5 nitrogen and oxygen atoms in total. The van der Waals surface area contributed by atoms with Gasteiger partial charge in [-0.15, -0.1) is 0 Å². The van der Waals surface area contributed by atoms with E-state index in [9.17, 15) is 5.26 Å². The van der Waals surface area contributed by atoms with Crippen molar-refractivity contribution in [2.75, 3.05) is 36.0 Å². The first kappa shape index (κ1) is 13.5. The summed E-state index contributed by atoms with van der Waals surface area (Å²) < 4.78 is 5.71. The first-order valence-corrected chi connectivity index (χ1v) is 7.26. The molecule has 1 fully saturated rings. The van der Waals surface area contributed by atoms with Crippen molar-refractivity contribution in [3.05, 3.63) is 41.9 Å². The predicted molar refractivity (Wildman–Crippen MR) is 81.5 cm³/mol. The fraction of sp³-hybridized carbons (Fsp3) is 0.375. The number of anilines is 2. The van der Waals surface area contributed by atoms with Gasteiger partial charge in [0.1, 0.15) is 6.07 Å². The first-order chi connectivity index (χ1) is 10.3. The standard InChI is InChI=1S/C16H18N4O/c1-2-15-18-14(12-17)16(21-15)20-10-8-19(9-11-20)13-6-4-3-5-7-13/h3-7H,2,8-11H2,1H3. The highest BCUT2D eigenvalue weighted by molar-refractivity contribution is 5.52. The lowest BCUT2D eigenvalue weighted by atomic mass is 10.2. The smallest absolute Gasteiger partial charge is 0.234 e. The number of piperazine rings is 1. The molecule has 0 unspecified atom stereocenters. The second kappa shape index (κ2) is 5.88. The van der Waals surface area contributed by atoms with Gasteiger partial charge in [-0.05, 0) is 12.1 Å². The summed E-state index contributed by atoms with van der Waals surface area (Å²) >= 11 is 0. The van der Waals surface area contributed by atoms with E-state index < -0.39 is 0 Å². The molecule has 2 aromatic rings. The predicted octanol–water partition coefficient (Wildman–Crippen LogP) is 2.44. The Morgan fingerprint density at radius 3 is 2.43 bits per heavy atom. The second-order valence-corrected chi connectivity index (χ2v) is 5.04. The van der Waals surface area contributed by atoms with Gasteiger partial charge in [0.15, 0.2) is 5.89 Å². The van der Waals surface area contributed by atoms with Crippen molar-refractivity contribution in [2.45, 2.75) is 13.3 Å². The van der Waals surface area contributed by atoms with E-state index in [1.165, 1.54) is 5.69 Å². The molecule has 0 atom stereocenters. The molecule has 1 aliphatic rings. The Kier molecular flexibility index (Phi) is 3.78. The molecule has 0 N–H and O–H groups in total. The van der Waals surface area contributed by atoms with Crippen molar-refractivity contribution in [1.82, 2.24) is 4.98 Å². The Morgan fingerprint density at radius 2 is 1.81 bits per heavy atom. The number of para-hydroxylation sites is 1. The fourth-order valence-corrected chi connectivity index (χ4v) is 2.60. The highest BCUT2D eigenvalue weighted by Gasteiger charge is 2.23. The molecule has 0 saturated carbocycles. The van der Waals surface area contributed by atoms with Crippen LogP contribution in [0.25, 0.3) is 0 Å². The molecule has 2 heterocycles. The average molecular weight is 282 g/mol. The topological polar surface area (TPSA) is 56.3 Å². The number of hydrogen-bond acceptors (Lipinski definition) is 5. The number of oxazole rings is 1. The van der Waals surface area contributed by atoms with Gasteiger partial charge < -0.3 is 14.2 Å². The van der Waals surface area contributed by atoms with Crippen LogP contribution < -0.4 is 9.80 Å². The molecular formula is C16H18N4O. The van der Waals surface area contributed by atoms with Crippen LogP contribution in [0.4, 0.5) is 11.6 Å². The summed E-state index contributed by atoms with van der Waals surface area (Å²) in [5.74, 6) is 1.26. The minimum atomic E-state index is 0.403. The lowest BCUT2D eigenvalue weighted by molar-refractivity contribution is 0.481. The molecule has 0 spiro atoms. The molecule has 0 amide bonds.